The molecule has 1 saturated heterocycles. The van der Waals surface area contributed by atoms with Gasteiger partial charge in [0.15, 0.2) is 0 Å². The smallest absolute Gasteiger partial charge is 0.270 e. The van der Waals surface area contributed by atoms with Crippen molar-refractivity contribution in [3.05, 3.63) is 74.8 Å². The first-order valence-electron chi connectivity index (χ1n) is 9.20. The number of nitrogens with one attached hydrogen (secondary N) is 1. The summed E-state index contributed by atoms with van der Waals surface area (Å²) in [5.74, 6) is -0.978. The third-order valence-corrected chi connectivity index (χ3v) is 4.98. The predicted octanol–water partition coefficient (Wildman–Crippen LogP) is 1.96. The third kappa shape index (κ3) is 5.12. The summed E-state index contributed by atoms with van der Waals surface area (Å²) in [5.41, 5.74) is 0.439. The van der Waals surface area contributed by atoms with Gasteiger partial charge in [-0.25, -0.2) is 0 Å². The maximum Gasteiger partial charge on any atom is 0.270 e. The van der Waals surface area contributed by atoms with Crippen molar-refractivity contribution in [1.82, 2.24) is 15.1 Å². The molecule has 3 rings (SSSR count). The molecule has 0 aromatic heterocycles. The van der Waals surface area contributed by atoms with Gasteiger partial charge in [0.1, 0.15) is 0 Å². The van der Waals surface area contributed by atoms with Gasteiger partial charge in [-0.05, 0) is 30.3 Å². The summed E-state index contributed by atoms with van der Waals surface area (Å²) in [7, 11) is 0. The summed E-state index contributed by atoms with van der Waals surface area (Å²) < 4.78 is 0. The van der Waals surface area contributed by atoms with Crippen molar-refractivity contribution in [2.45, 2.75) is 0 Å². The minimum Gasteiger partial charge on any atom is -0.343 e. The van der Waals surface area contributed by atoms with Gasteiger partial charge >= 0.3 is 0 Å². The van der Waals surface area contributed by atoms with Crippen LogP contribution in [0.1, 0.15) is 20.7 Å². The van der Waals surface area contributed by atoms with E-state index in [0.29, 0.717) is 36.8 Å². The molecule has 2 aromatic rings. The SMILES string of the molecule is O=C(NCC(=O)N1CCN(C(=O)c2ccc(Cl)cc2)CC1)c1cccc([N+](=O)[O-])c1. The van der Waals surface area contributed by atoms with Crippen molar-refractivity contribution >= 4 is 35.0 Å². The van der Waals surface area contributed by atoms with E-state index in [-0.39, 0.29) is 29.6 Å². The van der Waals surface area contributed by atoms with E-state index >= 15 is 0 Å². The molecule has 0 bridgehead atoms. The summed E-state index contributed by atoms with van der Waals surface area (Å²) in [4.78, 5) is 50.5. The second kappa shape index (κ2) is 9.36. The van der Waals surface area contributed by atoms with E-state index < -0.39 is 10.8 Å². The number of amides is 3. The third-order valence-electron chi connectivity index (χ3n) is 4.73. The van der Waals surface area contributed by atoms with Gasteiger partial charge in [0, 0.05) is 54.5 Å². The average molecular weight is 431 g/mol. The fraction of sp³-hybridized carbons (Fsp3) is 0.250. The monoisotopic (exact) mass is 430 g/mol. The molecule has 0 saturated carbocycles. The zero-order valence-electron chi connectivity index (χ0n) is 15.9. The van der Waals surface area contributed by atoms with E-state index in [1.807, 2.05) is 0 Å². The summed E-state index contributed by atoms with van der Waals surface area (Å²) in [6, 6.07) is 11.9. The van der Waals surface area contributed by atoms with E-state index in [1.165, 1.54) is 18.2 Å². The maximum atomic E-state index is 12.5. The van der Waals surface area contributed by atoms with Gasteiger partial charge in [-0.2, -0.15) is 0 Å². The lowest BCUT2D eigenvalue weighted by atomic mass is 10.2. The number of hydrogen-bond acceptors (Lipinski definition) is 5. The Morgan fingerprint density at radius 1 is 0.967 bits per heavy atom. The van der Waals surface area contributed by atoms with E-state index in [4.69, 9.17) is 11.6 Å². The number of carbonyl (C=O) groups is 3. The summed E-state index contributed by atoms with van der Waals surface area (Å²) in [5, 5.41) is 13.8. The van der Waals surface area contributed by atoms with Crippen LogP contribution in [-0.2, 0) is 4.79 Å². The number of benzene rings is 2. The van der Waals surface area contributed by atoms with Gasteiger partial charge in [-0.15, -0.1) is 0 Å². The van der Waals surface area contributed by atoms with Crippen LogP contribution in [0.3, 0.4) is 0 Å². The Morgan fingerprint density at radius 2 is 1.60 bits per heavy atom. The molecule has 10 heteroatoms. The van der Waals surface area contributed by atoms with Crippen LogP contribution in [-0.4, -0.2) is 65.2 Å². The Bertz CT molecular complexity index is 971. The van der Waals surface area contributed by atoms with Crippen LogP contribution in [0.5, 0.6) is 0 Å². The zero-order chi connectivity index (χ0) is 21.7. The molecular formula is C20H19ClN4O5. The van der Waals surface area contributed by atoms with Gasteiger partial charge in [0.25, 0.3) is 17.5 Å². The lowest BCUT2D eigenvalue weighted by Gasteiger charge is -2.34. The van der Waals surface area contributed by atoms with Crippen molar-refractivity contribution < 1.29 is 19.3 Å². The van der Waals surface area contributed by atoms with Crippen molar-refractivity contribution in [3.63, 3.8) is 0 Å². The van der Waals surface area contributed by atoms with Crippen molar-refractivity contribution in [2.75, 3.05) is 32.7 Å². The van der Waals surface area contributed by atoms with Crippen LogP contribution in [0.15, 0.2) is 48.5 Å². The Morgan fingerprint density at radius 3 is 2.23 bits per heavy atom. The minimum absolute atomic E-state index is 0.107. The van der Waals surface area contributed by atoms with Crippen LogP contribution in [0, 0.1) is 10.1 Å². The molecule has 0 radical (unpaired) electrons. The van der Waals surface area contributed by atoms with Gasteiger partial charge in [-0.3, -0.25) is 24.5 Å². The Kier molecular flexibility index (Phi) is 6.63. The quantitative estimate of drug-likeness (QED) is 0.575. The van der Waals surface area contributed by atoms with Crippen LogP contribution in [0.25, 0.3) is 0 Å². The van der Waals surface area contributed by atoms with Gasteiger partial charge in [0.2, 0.25) is 5.91 Å². The molecule has 1 fully saturated rings. The number of carbonyl (C=O) groups excluding carboxylic acids is 3. The lowest BCUT2D eigenvalue weighted by molar-refractivity contribution is -0.384. The molecule has 1 aliphatic heterocycles. The van der Waals surface area contributed by atoms with E-state index in [9.17, 15) is 24.5 Å². The Hall–Kier alpha value is -3.46. The molecular weight excluding hydrogens is 412 g/mol. The van der Waals surface area contributed by atoms with Crippen LogP contribution < -0.4 is 5.32 Å². The van der Waals surface area contributed by atoms with Crippen molar-refractivity contribution in [1.29, 1.82) is 0 Å². The fourth-order valence-electron chi connectivity index (χ4n) is 3.06. The van der Waals surface area contributed by atoms with Crippen molar-refractivity contribution in [2.24, 2.45) is 0 Å². The van der Waals surface area contributed by atoms with Gasteiger partial charge < -0.3 is 15.1 Å². The number of nitro groups is 1. The van der Waals surface area contributed by atoms with Crippen LogP contribution >= 0.6 is 11.6 Å². The highest BCUT2D eigenvalue weighted by atomic mass is 35.5. The standard InChI is InChI=1S/C20H19ClN4O5/c21-16-6-4-14(5-7-16)20(28)24-10-8-23(9-11-24)18(26)13-22-19(27)15-2-1-3-17(12-15)25(29)30/h1-7,12H,8-11,13H2,(H,22,27). The van der Waals surface area contributed by atoms with Crippen LogP contribution in [0.4, 0.5) is 5.69 Å². The number of halogens is 1. The fourth-order valence-corrected chi connectivity index (χ4v) is 3.19. The molecule has 9 nitrogen and oxygen atoms in total. The number of piperazine rings is 1. The van der Waals surface area contributed by atoms with Gasteiger partial charge in [0.05, 0.1) is 11.5 Å². The molecule has 0 aliphatic carbocycles. The van der Waals surface area contributed by atoms with E-state index in [0.717, 1.165) is 6.07 Å². The lowest BCUT2D eigenvalue weighted by Crippen LogP contribution is -2.52. The average Bonchev–Trinajstić information content (AvgIpc) is 2.77. The van der Waals surface area contributed by atoms with Gasteiger partial charge in [-0.1, -0.05) is 17.7 Å². The van der Waals surface area contributed by atoms with E-state index in [1.54, 1.807) is 34.1 Å². The molecule has 1 aliphatic rings. The number of rotatable bonds is 5. The highest BCUT2D eigenvalue weighted by molar-refractivity contribution is 6.30. The molecule has 0 unspecified atom stereocenters. The summed E-state index contributed by atoms with van der Waals surface area (Å²) in [6.07, 6.45) is 0. The molecule has 3 amide bonds. The highest BCUT2D eigenvalue weighted by Gasteiger charge is 2.25. The molecule has 156 valence electrons. The first-order chi connectivity index (χ1) is 14.3. The second-order valence-electron chi connectivity index (χ2n) is 6.67. The highest BCUT2D eigenvalue weighted by Crippen LogP contribution is 2.14. The maximum absolute atomic E-state index is 12.5. The number of non-ortho nitro benzene ring substituents is 1. The topological polar surface area (TPSA) is 113 Å². The molecule has 1 N–H and O–H groups in total. The first-order valence-corrected chi connectivity index (χ1v) is 9.58. The van der Waals surface area contributed by atoms with Crippen LogP contribution in [0.2, 0.25) is 5.02 Å². The summed E-state index contributed by atoms with van der Waals surface area (Å²) >= 11 is 5.84. The molecule has 0 atom stereocenters. The Labute approximate surface area is 177 Å². The van der Waals surface area contributed by atoms with E-state index in [2.05, 4.69) is 5.32 Å². The first kappa shape index (κ1) is 21.3. The number of hydrogen-bond donors (Lipinski definition) is 1. The predicted molar refractivity (Wildman–Crippen MR) is 109 cm³/mol. The minimum atomic E-state index is -0.591. The molecule has 30 heavy (non-hydrogen) atoms. The molecule has 0 spiro atoms. The largest absolute Gasteiger partial charge is 0.343 e. The zero-order valence-corrected chi connectivity index (χ0v) is 16.7. The molecule has 1 heterocycles. The summed E-state index contributed by atoms with van der Waals surface area (Å²) in [6.45, 7) is 1.24. The number of nitrogens with zero attached hydrogens (tertiary/aromatic N) is 3. The Balaban J connectivity index is 1.49. The van der Waals surface area contributed by atoms with Crippen molar-refractivity contribution in [3.8, 4) is 0 Å². The second-order valence-corrected chi connectivity index (χ2v) is 7.11. The number of nitro benzene ring substituents is 1. The normalized spacial score (nSPS) is 13.6. The molecule has 2 aromatic carbocycles.